The number of aromatic nitrogens is 2. The van der Waals surface area contributed by atoms with Crippen molar-refractivity contribution in [3.63, 3.8) is 0 Å². The van der Waals surface area contributed by atoms with E-state index in [2.05, 4.69) is 29.1 Å². The van der Waals surface area contributed by atoms with Crippen molar-refractivity contribution >= 4 is 11.5 Å². The van der Waals surface area contributed by atoms with Crippen LogP contribution in [0.15, 0.2) is 0 Å². The first-order valence-electron chi connectivity index (χ1n) is 7.10. The average molecular weight is 282 g/mol. The van der Waals surface area contributed by atoms with E-state index in [0.29, 0.717) is 42.3 Å². The summed E-state index contributed by atoms with van der Waals surface area (Å²) in [6.45, 7) is 8.13. The molecule has 0 aromatic carbocycles. The summed E-state index contributed by atoms with van der Waals surface area (Å²) in [6.07, 6.45) is 1.95. The highest BCUT2D eigenvalue weighted by Crippen LogP contribution is 2.26. The summed E-state index contributed by atoms with van der Waals surface area (Å²) in [5.74, 6) is 2.25. The third-order valence-corrected chi connectivity index (χ3v) is 2.69. The first kappa shape index (κ1) is 16.5. The maximum atomic E-state index is 6.05. The molecule has 1 aromatic heterocycles. The quantitative estimate of drug-likeness (QED) is 0.724. The molecule has 114 valence electrons. The number of ether oxygens (including phenoxy) is 2. The van der Waals surface area contributed by atoms with Crippen molar-refractivity contribution in [2.45, 2.75) is 40.2 Å². The van der Waals surface area contributed by atoms with Crippen molar-refractivity contribution in [2.75, 3.05) is 31.3 Å². The third-order valence-electron chi connectivity index (χ3n) is 2.69. The lowest BCUT2D eigenvalue weighted by atomic mass is 10.1. The Labute approximate surface area is 121 Å². The van der Waals surface area contributed by atoms with Gasteiger partial charge in [0.15, 0.2) is 11.6 Å². The van der Waals surface area contributed by atoms with Crippen molar-refractivity contribution in [1.82, 2.24) is 9.97 Å². The minimum absolute atomic E-state index is 0.335. The smallest absolute Gasteiger partial charge is 0.242 e. The number of anilines is 2. The van der Waals surface area contributed by atoms with Crippen LogP contribution in [0.5, 0.6) is 5.88 Å². The van der Waals surface area contributed by atoms with Gasteiger partial charge in [-0.1, -0.05) is 20.8 Å². The van der Waals surface area contributed by atoms with Crippen LogP contribution in [-0.2, 0) is 11.3 Å². The number of nitrogen functional groups attached to an aromatic ring is 1. The fourth-order valence-corrected chi connectivity index (χ4v) is 1.61. The molecule has 0 unspecified atom stereocenters. The largest absolute Gasteiger partial charge is 0.476 e. The number of nitrogens with one attached hydrogen (secondary N) is 1. The summed E-state index contributed by atoms with van der Waals surface area (Å²) in [7, 11) is 1.61. The summed E-state index contributed by atoms with van der Waals surface area (Å²) < 4.78 is 10.6. The van der Waals surface area contributed by atoms with Crippen molar-refractivity contribution < 1.29 is 9.47 Å². The molecule has 0 radical (unpaired) electrons. The summed E-state index contributed by atoms with van der Waals surface area (Å²) >= 11 is 0. The lowest BCUT2D eigenvalue weighted by Crippen LogP contribution is -2.13. The topological polar surface area (TPSA) is 82.3 Å². The van der Waals surface area contributed by atoms with Gasteiger partial charge in [-0.3, -0.25) is 0 Å². The molecule has 3 N–H and O–H groups in total. The highest BCUT2D eigenvalue weighted by molar-refractivity contribution is 5.66. The predicted octanol–water partition coefficient (Wildman–Crippen LogP) is 2.45. The molecule has 1 aromatic rings. The van der Waals surface area contributed by atoms with Crippen LogP contribution in [0.4, 0.5) is 11.5 Å². The highest BCUT2D eigenvalue weighted by atomic mass is 16.5. The number of hydrogen-bond acceptors (Lipinski definition) is 6. The van der Waals surface area contributed by atoms with E-state index in [4.69, 9.17) is 15.2 Å². The Morgan fingerprint density at radius 2 is 2.05 bits per heavy atom. The van der Waals surface area contributed by atoms with E-state index in [1.165, 1.54) is 0 Å². The Morgan fingerprint density at radius 1 is 1.30 bits per heavy atom. The molecular weight excluding hydrogens is 256 g/mol. The summed E-state index contributed by atoms with van der Waals surface area (Å²) in [6, 6.07) is 0. The van der Waals surface area contributed by atoms with Gasteiger partial charge >= 0.3 is 0 Å². The van der Waals surface area contributed by atoms with Gasteiger partial charge in [-0.05, 0) is 18.8 Å². The van der Waals surface area contributed by atoms with Crippen LogP contribution in [0.25, 0.3) is 0 Å². The molecule has 6 nitrogen and oxygen atoms in total. The van der Waals surface area contributed by atoms with Crippen LogP contribution in [0.3, 0.4) is 0 Å². The number of hydrogen-bond donors (Lipinski definition) is 2. The van der Waals surface area contributed by atoms with Crippen molar-refractivity contribution in [2.24, 2.45) is 5.92 Å². The van der Waals surface area contributed by atoms with Crippen molar-refractivity contribution in [1.29, 1.82) is 0 Å². The zero-order valence-electron chi connectivity index (χ0n) is 12.9. The Hall–Kier alpha value is -1.56. The summed E-state index contributed by atoms with van der Waals surface area (Å²) in [4.78, 5) is 8.66. The molecule has 0 aliphatic carbocycles. The van der Waals surface area contributed by atoms with Gasteiger partial charge in [0.1, 0.15) is 12.3 Å². The van der Waals surface area contributed by atoms with E-state index < -0.39 is 0 Å². The maximum absolute atomic E-state index is 6.05. The normalized spacial score (nSPS) is 10.8. The van der Waals surface area contributed by atoms with Crippen LogP contribution >= 0.6 is 0 Å². The molecule has 0 saturated heterocycles. The second-order valence-electron chi connectivity index (χ2n) is 5.10. The SMILES string of the molecule is CCCOc1nc(COC)nc(NCCC(C)C)c1N. The molecule has 0 fully saturated rings. The Balaban J connectivity index is 2.86. The molecule has 0 saturated carbocycles. The molecule has 6 heteroatoms. The molecule has 0 aliphatic rings. The van der Waals surface area contributed by atoms with E-state index >= 15 is 0 Å². The average Bonchev–Trinajstić information content (AvgIpc) is 2.40. The highest BCUT2D eigenvalue weighted by Gasteiger charge is 2.13. The van der Waals surface area contributed by atoms with Crippen LogP contribution < -0.4 is 15.8 Å². The molecule has 0 aliphatic heterocycles. The minimum Gasteiger partial charge on any atom is -0.476 e. The summed E-state index contributed by atoms with van der Waals surface area (Å²) in [5.41, 5.74) is 6.51. The molecule has 1 heterocycles. The molecule has 0 bridgehead atoms. The second-order valence-corrected chi connectivity index (χ2v) is 5.10. The Morgan fingerprint density at radius 3 is 2.65 bits per heavy atom. The van der Waals surface area contributed by atoms with E-state index in [1.807, 2.05) is 6.92 Å². The third kappa shape index (κ3) is 5.21. The standard InChI is InChI=1S/C14H26N4O2/c1-5-8-20-14-12(15)13(16-7-6-10(2)3)17-11(18-14)9-19-4/h10H,5-9,15H2,1-4H3,(H,16,17,18). The van der Waals surface area contributed by atoms with Gasteiger partial charge in [0, 0.05) is 13.7 Å². The van der Waals surface area contributed by atoms with E-state index in [0.717, 1.165) is 19.4 Å². The van der Waals surface area contributed by atoms with Crippen LogP contribution in [0.2, 0.25) is 0 Å². The number of nitrogens with zero attached hydrogens (tertiary/aromatic N) is 2. The zero-order valence-corrected chi connectivity index (χ0v) is 12.9. The number of methoxy groups -OCH3 is 1. The van der Waals surface area contributed by atoms with Crippen LogP contribution in [0, 0.1) is 5.92 Å². The van der Waals surface area contributed by atoms with E-state index in [-0.39, 0.29) is 0 Å². The van der Waals surface area contributed by atoms with Gasteiger partial charge in [0.25, 0.3) is 0 Å². The van der Waals surface area contributed by atoms with Gasteiger partial charge in [-0.15, -0.1) is 0 Å². The maximum Gasteiger partial charge on any atom is 0.242 e. The monoisotopic (exact) mass is 282 g/mol. The Bertz CT molecular complexity index is 410. The van der Waals surface area contributed by atoms with Crippen LogP contribution in [0.1, 0.15) is 39.4 Å². The van der Waals surface area contributed by atoms with Crippen LogP contribution in [-0.4, -0.2) is 30.2 Å². The molecule has 0 spiro atoms. The minimum atomic E-state index is 0.335. The van der Waals surface area contributed by atoms with Gasteiger partial charge in [0.05, 0.1) is 6.61 Å². The number of rotatable bonds is 9. The Kier molecular flexibility index (Phi) is 7.08. The lowest BCUT2D eigenvalue weighted by molar-refractivity contribution is 0.176. The first-order chi connectivity index (χ1) is 9.58. The fourth-order valence-electron chi connectivity index (χ4n) is 1.61. The lowest BCUT2D eigenvalue weighted by Gasteiger charge is -2.14. The van der Waals surface area contributed by atoms with E-state index in [1.54, 1.807) is 7.11 Å². The molecule has 1 rings (SSSR count). The van der Waals surface area contributed by atoms with Gasteiger partial charge < -0.3 is 20.5 Å². The fraction of sp³-hybridized carbons (Fsp3) is 0.714. The predicted molar refractivity (Wildman–Crippen MR) is 80.9 cm³/mol. The van der Waals surface area contributed by atoms with Crippen molar-refractivity contribution in [3.05, 3.63) is 5.82 Å². The van der Waals surface area contributed by atoms with Gasteiger partial charge in [0.2, 0.25) is 5.88 Å². The molecular formula is C14H26N4O2. The second kappa shape index (κ2) is 8.58. The zero-order chi connectivity index (χ0) is 15.0. The molecule has 0 amide bonds. The molecule has 20 heavy (non-hydrogen) atoms. The van der Waals surface area contributed by atoms with E-state index in [9.17, 15) is 0 Å². The van der Waals surface area contributed by atoms with Crippen molar-refractivity contribution in [3.8, 4) is 5.88 Å². The van der Waals surface area contributed by atoms with Gasteiger partial charge in [-0.2, -0.15) is 4.98 Å². The van der Waals surface area contributed by atoms with Gasteiger partial charge in [-0.25, -0.2) is 4.98 Å². The molecule has 0 atom stereocenters. The number of nitrogens with two attached hydrogens (primary N) is 1. The first-order valence-corrected chi connectivity index (χ1v) is 7.10. The summed E-state index contributed by atoms with van der Waals surface area (Å²) in [5, 5.41) is 3.25.